The van der Waals surface area contributed by atoms with Crippen molar-refractivity contribution in [2.45, 2.75) is 38.5 Å². The lowest BCUT2D eigenvalue weighted by Gasteiger charge is -2.28. The third-order valence-electron chi connectivity index (χ3n) is 11.8. The van der Waals surface area contributed by atoms with E-state index in [4.69, 9.17) is 0 Å². The molecule has 1 aromatic heterocycles. The molecule has 0 radical (unpaired) electrons. The van der Waals surface area contributed by atoms with Gasteiger partial charge in [-0.2, -0.15) is 0 Å². The number of allylic oxidation sites excluding steroid dienone is 4. The summed E-state index contributed by atoms with van der Waals surface area (Å²) in [6.07, 6.45) is 8.05. The lowest BCUT2D eigenvalue weighted by Crippen LogP contribution is -2.17. The summed E-state index contributed by atoms with van der Waals surface area (Å²) in [5.41, 5.74) is 17.5. The van der Waals surface area contributed by atoms with E-state index in [0.29, 0.717) is 5.92 Å². The smallest absolute Gasteiger partial charge is 0.0541 e. The van der Waals surface area contributed by atoms with Gasteiger partial charge in [0.05, 0.1) is 11.0 Å². The predicted molar refractivity (Wildman–Crippen MR) is 229 cm³/mol. The van der Waals surface area contributed by atoms with Crippen LogP contribution >= 0.6 is 0 Å². The molecule has 0 bridgehead atoms. The minimum atomic E-state index is -0.185. The first kappa shape index (κ1) is 32.3. The van der Waals surface area contributed by atoms with Crippen molar-refractivity contribution >= 4 is 44.4 Å². The van der Waals surface area contributed by atoms with E-state index < -0.39 is 0 Å². The fraction of sp³-hybridized carbons (Fsp3) is 0.115. The monoisotopic (exact) mass is 694 g/mol. The Kier molecular flexibility index (Phi) is 7.56. The van der Waals surface area contributed by atoms with Gasteiger partial charge in [-0.15, -0.1) is 0 Å². The average molecular weight is 695 g/mol. The Labute approximate surface area is 318 Å². The quantitative estimate of drug-likeness (QED) is 0.168. The number of aromatic nitrogens is 1. The number of hydrogen-bond donors (Lipinski definition) is 0. The Hall–Kier alpha value is -6.38. The van der Waals surface area contributed by atoms with Crippen LogP contribution in [-0.4, -0.2) is 4.57 Å². The first-order chi connectivity index (χ1) is 26.4. The Morgan fingerprint density at radius 2 is 1.15 bits per heavy atom. The van der Waals surface area contributed by atoms with E-state index in [2.05, 4.69) is 212 Å². The molecular formula is C52H42N2. The standard InChI is InChI=1S/C52H42N2/c1-35-17-25-40(26-18-35)53(41-27-23-39(24-28-41)38-21-19-37(20-22-38)36-11-5-4-6-12-36)42-29-31-44-45-32-30-43(34-49(45)52(2,3)48(44)33-42)54-50-15-9-7-13-46(50)47-14-8-10-16-51(47)54/h4-19,21-34,37H,20H2,1-3H3. The minimum absolute atomic E-state index is 0.185. The molecule has 2 heteroatoms. The Bertz CT molecular complexity index is 2710. The Morgan fingerprint density at radius 1 is 0.574 bits per heavy atom. The number of benzene rings is 7. The van der Waals surface area contributed by atoms with Gasteiger partial charge in [0.1, 0.15) is 0 Å². The van der Waals surface area contributed by atoms with Gasteiger partial charge in [-0.1, -0.05) is 141 Å². The van der Waals surface area contributed by atoms with Crippen LogP contribution in [0.1, 0.15) is 54.0 Å². The van der Waals surface area contributed by atoms with Crippen molar-refractivity contribution in [1.82, 2.24) is 4.57 Å². The molecule has 0 saturated heterocycles. The van der Waals surface area contributed by atoms with Crippen LogP contribution in [0.5, 0.6) is 0 Å². The van der Waals surface area contributed by atoms with E-state index in [1.54, 1.807) is 0 Å². The predicted octanol–water partition coefficient (Wildman–Crippen LogP) is 14.0. The van der Waals surface area contributed by atoms with Gasteiger partial charge in [0.25, 0.3) is 0 Å². The van der Waals surface area contributed by atoms with Crippen molar-refractivity contribution in [3.8, 4) is 16.8 Å². The maximum Gasteiger partial charge on any atom is 0.0541 e. The first-order valence-corrected chi connectivity index (χ1v) is 19.1. The second kappa shape index (κ2) is 12.6. The molecule has 2 aliphatic rings. The molecule has 0 aliphatic heterocycles. The number of hydrogen-bond acceptors (Lipinski definition) is 1. The number of nitrogens with zero attached hydrogens (tertiary/aromatic N) is 2. The van der Waals surface area contributed by atoms with Crippen molar-refractivity contribution in [3.63, 3.8) is 0 Å². The lowest BCUT2D eigenvalue weighted by atomic mass is 9.82. The number of para-hydroxylation sites is 2. The van der Waals surface area contributed by atoms with Crippen molar-refractivity contribution < 1.29 is 0 Å². The molecule has 1 heterocycles. The molecule has 7 aromatic carbocycles. The lowest BCUT2D eigenvalue weighted by molar-refractivity contribution is 0.660. The maximum atomic E-state index is 2.43. The molecule has 1 unspecified atom stereocenters. The van der Waals surface area contributed by atoms with Crippen LogP contribution in [0.2, 0.25) is 0 Å². The van der Waals surface area contributed by atoms with Crippen molar-refractivity contribution in [2.24, 2.45) is 0 Å². The van der Waals surface area contributed by atoms with Crippen LogP contribution < -0.4 is 4.90 Å². The molecule has 0 spiro atoms. The van der Waals surface area contributed by atoms with E-state index in [9.17, 15) is 0 Å². The molecule has 0 fully saturated rings. The molecule has 10 rings (SSSR count). The van der Waals surface area contributed by atoms with Gasteiger partial charge in [-0.05, 0) is 113 Å². The molecule has 0 N–H and O–H groups in total. The summed E-state index contributed by atoms with van der Waals surface area (Å²) < 4.78 is 2.43. The van der Waals surface area contributed by atoms with Crippen LogP contribution in [0.3, 0.4) is 0 Å². The van der Waals surface area contributed by atoms with E-state index in [0.717, 1.165) is 23.5 Å². The molecule has 1 atom stereocenters. The Morgan fingerprint density at radius 3 is 1.80 bits per heavy atom. The molecule has 2 aliphatic carbocycles. The summed E-state index contributed by atoms with van der Waals surface area (Å²) in [6.45, 7) is 6.92. The second-order valence-electron chi connectivity index (χ2n) is 15.4. The molecule has 2 nitrogen and oxygen atoms in total. The number of anilines is 3. The number of rotatable bonds is 6. The zero-order valence-electron chi connectivity index (χ0n) is 31.0. The second-order valence-corrected chi connectivity index (χ2v) is 15.4. The highest BCUT2D eigenvalue weighted by Crippen LogP contribution is 2.51. The molecule has 260 valence electrons. The normalized spacial score (nSPS) is 15.6. The van der Waals surface area contributed by atoms with E-state index in [1.165, 1.54) is 72.0 Å². The molecular weight excluding hydrogens is 653 g/mol. The van der Waals surface area contributed by atoms with Gasteiger partial charge in [-0.25, -0.2) is 0 Å². The largest absolute Gasteiger partial charge is 0.310 e. The van der Waals surface area contributed by atoms with E-state index >= 15 is 0 Å². The summed E-state index contributed by atoms with van der Waals surface area (Å²) in [4.78, 5) is 2.41. The molecule has 8 aromatic rings. The average Bonchev–Trinajstić information content (AvgIpc) is 3.67. The van der Waals surface area contributed by atoms with Gasteiger partial charge < -0.3 is 9.47 Å². The summed E-state index contributed by atoms with van der Waals surface area (Å²) in [5, 5.41) is 2.57. The number of fused-ring (bicyclic) bond motifs is 6. The third-order valence-corrected chi connectivity index (χ3v) is 11.8. The third kappa shape index (κ3) is 5.24. The van der Waals surface area contributed by atoms with Gasteiger partial charge in [0, 0.05) is 44.9 Å². The van der Waals surface area contributed by atoms with Gasteiger partial charge >= 0.3 is 0 Å². The summed E-state index contributed by atoms with van der Waals surface area (Å²) >= 11 is 0. The van der Waals surface area contributed by atoms with Gasteiger partial charge in [0.2, 0.25) is 0 Å². The molecule has 0 saturated carbocycles. The van der Waals surface area contributed by atoms with Gasteiger partial charge in [0.15, 0.2) is 0 Å². The topological polar surface area (TPSA) is 8.17 Å². The first-order valence-electron chi connectivity index (χ1n) is 19.1. The zero-order chi connectivity index (χ0) is 36.4. The SMILES string of the molecule is Cc1ccc(N(c2ccc(C3=CCC(c4ccccc4)C=C3)cc2)c2ccc3c(c2)C(C)(C)c2cc(-n4c5ccccc5c5ccccc54)ccc2-3)cc1. The van der Waals surface area contributed by atoms with Crippen LogP contribution in [0.25, 0.3) is 44.2 Å². The molecule has 54 heavy (non-hydrogen) atoms. The van der Waals surface area contributed by atoms with Crippen LogP contribution in [0.15, 0.2) is 182 Å². The number of aryl methyl sites for hydroxylation is 1. The fourth-order valence-electron chi connectivity index (χ4n) is 8.92. The minimum Gasteiger partial charge on any atom is -0.310 e. The zero-order valence-corrected chi connectivity index (χ0v) is 31.0. The Balaban J connectivity index is 1.01. The maximum absolute atomic E-state index is 2.43. The fourth-order valence-corrected chi connectivity index (χ4v) is 8.92. The van der Waals surface area contributed by atoms with Crippen molar-refractivity contribution in [3.05, 3.63) is 210 Å². The summed E-state index contributed by atoms with van der Waals surface area (Å²) in [5.74, 6) is 0.432. The summed E-state index contributed by atoms with van der Waals surface area (Å²) in [7, 11) is 0. The van der Waals surface area contributed by atoms with E-state index in [-0.39, 0.29) is 5.41 Å². The van der Waals surface area contributed by atoms with Crippen LogP contribution in [0, 0.1) is 6.92 Å². The molecule has 0 amide bonds. The van der Waals surface area contributed by atoms with E-state index in [1.807, 2.05) is 0 Å². The van der Waals surface area contributed by atoms with Crippen molar-refractivity contribution in [2.75, 3.05) is 4.90 Å². The van der Waals surface area contributed by atoms with Crippen molar-refractivity contribution in [1.29, 1.82) is 0 Å². The highest BCUT2D eigenvalue weighted by Gasteiger charge is 2.36. The highest BCUT2D eigenvalue weighted by molar-refractivity contribution is 6.09. The highest BCUT2D eigenvalue weighted by atomic mass is 15.1. The van der Waals surface area contributed by atoms with Crippen LogP contribution in [0.4, 0.5) is 17.1 Å². The van der Waals surface area contributed by atoms with Gasteiger partial charge in [-0.3, -0.25) is 0 Å². The summed E-state index contributed by atoms with van der Waals surface area (Å²) in [6, 6.07) is 60.5. The van der Waals surface area contributed by atoms with Crippen LogP contribution in [-0.2, 0) is 5.41 Å².